The van der Waals surface area contributed by atoms with Crippen LogP contribution in [0.25, 0.3) is 0 Å². The van der Waals surface area contributed by atoms with Crippen molar-refractivity contribution in [3.05, 3.63) is 35.4 Å². The van der Waals surface area contributed by atoms with Crippen molar-refractivity contribution in [3.8, 4) is 0 Å². The summed E-state index contributed by atoms with van der Waals surface area (Å²) < 4.78 is 4.56. The van der Waals surface area contributed by atoms with Gasteiger partial charge in [-0.05, 0) is 37.0 Å². The average Bonchev–Trinajstić information content (AvgIpc) is 2.50. The fraction of sp³-hybridized carbons (Fsp3) is 0.500. The number of esters is 1. The quantitative estimate of drug-likeness (QED) is 0.587. The molecule has 4 heteroatoms. The number of unbranched alkanes of at least 4 members (excludes halogenated alkanes) is 2. The van der Waals surface area contributed by atoms with E-state index >= 15 is 0 Å². The molecule has 0 radical (unpaired) electrons. The first kappa shape index (κ1) is 16.2. The van der Waals surface area contributed by atoms with Gasteiger partial charge < -0.3 is 10.1 Å². The van der Waals surface area contributed by atoms with Gasteiger partial charge >= 0.3 is 5.97 Å². The summed E-state index contributed by atoms with van der Waals surface area (Å²) in [6.45, 7) is 2.72. The van der Waals surface area contributed by atoms with E-state index in [1.165, 1.54) is 12.7 Å². The van der Waals surface area contributed by atoms with E-state index in [1.807, 2.05) is 24.3 Å². The van der Waals surface area contributed by atoms with Crippen molar-refractivity contribution >= 4 is 11.9 Å². The molecule has 0 atom stereocenters. The summed E-state index contributed by atoms with van der Waals surface area (Å²) in [5, 5.41) is 2.88. The van der Waals surface area contributed by atoms with Gasteiger partial charge in [-0.25, -0.2) is 0 Å². The maximum Gasteiger partial charge on any atom is 0.305 e. The van der Waals surface area contributed by atoms with E-state index in [1.54, 1.807) is 0 Å². The standard InChI is InChI=1S/C16H23NO3/c1-3-13-8-10-14(11-9-13)16(19)17-12-6-4-5-7-15(18)20-2/h8-11H,3-7,12H2,1-2H3,(H,17,19). The van der Waals surface area contributed by atoms with Crippen molar-refractivity contribution < 1.29 is 14.3 Å². The van der Waals surface area contributed by atoms with Crippen LogP contribution < -0.4 is 5.32 Å². The van der Waals surface area contributed by atoms with Crippen LogP contribution in [0.4, 0.5) is 0 Å². The van der Waals surface area contributed by atoms with Gasteiger partial charge in [-0.2, -0.15) is 0 Å². The van der Waals surface area contributed by atoms with Crippen LogP contribution in [-0.2, 0) is 16.0 Å². The van der Waals surface area contributed by atoms with Crippen LogP contribution in [0, 0.1) is 0 Å². The number of ether oxygens (including phenoxy) is 1. The van der Waals surface area contributed by atoms with E-state index in [2.05, 4.69) is 17.0 Å². The Morgan fingerprint density at radius 2 is 1.80 bits per heavy atom. The van der Waals surface area contributed by atoms with Gasteiger partial charge in [-0.1, -0.05) is 25.5 Å². The molecule has 0 fully saturated rings. The fourth-order valence-corrected chi connectivity index (χ4v) is 1.87. The largest absolute Gasteiger partial charge is 0.469 e. The lowest BCUT2D eigenvalue weighted by Crippen LogP contribution is -2.24. The second kappa shape index (κ2) is 9.13. The van der Waals surface area contributed by atoms with Gasteiger partial charge in [0, 0.05) is 18.5 Å². The molecule has 20 heavy (non-hydrogen) atoms. The molecule has 1 amide bonds. The third kappa shape index (κ3) is 5.87. The lowest BCUT2D eigenvalue weighted by molar-refractivity contribution is -0.140. The number of benzene rings is 1. The lowest BCUT2D eigenvalue weighted by atomic mass is 10.1. The highest BCUT2D eigenvalue weighted by Gasteiger charge is 2.04. The van der Waals surface area contributed by atoms with Crippen LogP contribution in [0.2, 0.25) is 0 Å². The maximum absolute atomic E-state index is 11.8. The van der Waals surface area contributed by atoms with Crippen molar-refractivity contribution in [1.29, 1.82) is 0 Å². The van der Waals surface area contributed by atoms with Gasteiger partial charge in [0.1, 0.15) is 0 Å². The molecule has 4 nitrogen and oxygen atoms in total. The number of carbonyl (C=O) groups is 2. The summed E-state index contributed by atoms with van der Waals surface area (Å²) in [5.74, 6) is -0.217. The van der Waals surface area contributed by atoms with Crippen LogP contribution in [-0.4, -0.2) is 25.5 Å². The molecule has 0 aromatic heterocycles. The van der Waals surface area contributed by atoms with Gasteiger partial charge in [0.05, 0.1) is 7.11 Å². The molecule has 1 aromatic carbocycles. The zero-order valence-corrected chi connectivity index (χ0v) is 12.3. The van der Waals surface area contributed by atoms with Crippen LogP contribution >= 0.6 is 0 Å². The molecule has 0 unspecified atom stereocenters. The van der Waals surface area contributed by atoms with Gasteiger partial charge in [0.25, 0.3) is 5.91 Å². The molecule has 0 aliphatic heterocycles. The highest BCUT2D eigenvalue weighted by atomic mass is 16.5. The smallest absolute Gasteiger partial charge is 0.305 e. The Bertz CT molecular complexity index is 426. The molecule has 1 rings (SSSR count). The van der Waals surface area contributed by atoms with Crippen molar-refractivity contribution in [1.82, 2.24) is 5.32 Å². The Kier molecular flexibility index (Phi) is 7.40. The van der Waals surface area contributed by atoms with Crippen molar-refractivity contribution in [2.75, 3.05) is 13.7 Å². The Morgan fingerprint density at radius 1 is 1.10 bits per heavy atom. The van der Waals surface area contributed by atoms with E-state index < -0.39 is 0 Å². The molecule has 0 spiro atoms. The minimum Gasteiger partial charge on any atom is -0.469 e. The number of hydrogen-bond donors (Lipinski definition) is 1. The monoisotopic (exact) mass is 277 g/mol. The molecule has 1 aromatic rings. The van der Waals surface area contributed by atoms with E-state index in [4.69, 9.17) is 0 Å². The third-order valence-electron chi connectivity index (χ3n) is 3.20. The topological polar surface area (TPSA) is 55.4 Å². The first-order valence-corrected chi connectivity index (χ1v) is 7.11. The van der Waals surface area contributed by atoms with E-state index in [-0.39, 0.29) is 11.9 Å². The molecular formula is C16H23NO3. The fourth-order valence-electron chi connectivity index (χ4n) is 1.87. The number of nitrogens with one attached hydrogen (secondary N) is 1. The first-order valence-electron chi connectivity index (χ1n) is 7.11. The Balaban J connectivity index is 2.18. The molecule has 0 bridgehead atoms. The predicted molar refractivity (Wildman–Crippen MR) is 78.6 cm³/mol. The van der Waals surface area contributed by atoms with Crippen molar-refractivity contribution in [3.63, 3.8) is 0 Å². The summed E-state index contributed by atoms with van der Waals surface area (Å²) >= 11 is 0. The minimum atomic E-state index is -0.176. The number of amides is 1. The summed E-state index contributed by atoms with van der Waals surface area (Å²) in [5.41, 5.74) is 1.92. The number of aryl methyl sites for hydroxylation is 1. The Morgan fingerprint density at radius 3 is 2.40 bits per heavy atom. The number of rotatable bonds is 8. The van der Waals surface area contributed by atoms with E-state index in [0.29, 0.717) is 18.5 Å². The third-order valence-corrected chi connectivity index (χ3v) is 3.20. The molecule has 0 saturated heterocycles. The predicted octanol–water partition coefficient (Wildman–Crippen LogP) is 2.71. The normalized spacial score (nSPS) is 10.1. The van der Waals surface area contributed by atoms with Gasteiger partial charge in [0.15, 0.2) is 0 Å². The number of hydrogen-bond acceptors (Lipinski definition) is 3. The SMILES string of the molecule is CCc1ccc(C(=O)NCCCCCC(=O)OC)cc1. The van der Waals surface area contributed by atoms with Crippen molar-refractivity contribution in [2.45, 2.75) is 39.0 Å². The zero-order chi connectivity index (χ0) is 14.8. The second-order valence-corrected chi connectivity index (χ2v) is 4.69. The molecular weight excluding hydrogens is 254 g/mol. The molecule has 1 N–H and O–H groups in total. The van der Waals surface area contributed by atoms with Crippen LogP contribution in [0.3, 0.4) is 0 Å². The second-order valence-electron chi connectivity index (χ2n) is 4.69. The Labute approximate surface area is 120 Å². The summed E-state index contributed by atoms with van der Waals surface area (Å²) in [6, 6.07) is 7.66. The van der Waals surface area contributed by atoms with Crippen LogP contribution in [0.15, 0.2) is 24.3 Å². The van der Waals surface area contributed by atoms with Crippen LogP contribution in [0.1, 0.15) is 48.5 Å². The molecule has 0 aliphatic carbocycles. The van der Waals surface area contributed by atoms with Crippen molar-refractivity contribution in [2.24, 2.45) is 0 Å². The molecule has 0 heterocycles. The molecule has 0 saturated carbocycles. The maximum atomic E-state index is 11.8. The Hall–Kier alpha value is -1.84. The molecule has 0 aliphatic rings. The van der Waals surface area contributed by atoms with E-state index in [9.17, 15) is 9.59 Å². The molecule has 110 valence electrons. The number of methoxy groups -OCH3 is 1. The summed E-state index contributed by atoms with van der Waals surface area (Å²) in [7, 11) is 1.40. The minimum absolute atomic E-state index is 0.0411. The summed E-state index contributed by atoms with van der Waals surface area (Å²) in [4.78, 5) is 22.7. The highest BCUT2D eigenvalue weighted by molar-refractivity contribution is 5.94. The van der Waals surface area contributed by atoms with Gasteiger partial charge in [-0.15, -0.1) is 0 Å². The summed E-state index contributed by atoms with van der Waals surface area (Å²) in [6.07, 6.45) is 4.00. The highest BCUT2D eigenvalue weighted by Crippen LogP contribution is 2.05. The zero-order valence-electron chi connectivity index (χ0n) is 12.3. The van der Waals surface area contributed by atoms with Gasteiger partial charge in [0.2, 0.25) is 0 Å². The lowest BCUT2D eigenvalue weighted by Gasteiger charge is -2.06. The van der Waals surface area contributed by atoms with Gasteiger partial charge in [-0.3, -0.25) is 9.59 Å². The number of carbonyl (C=O) groups excluding carboxylic acids is 2. The average molecular weight is 277 g/mol. The van der Waals surface area contributed by atoms with E-state index in [0.717, 1.165) is 25.7 Å². The van der Waals surface area contributed by atoms with Crippen LogP contribution in [0.5, 0.6) is 0 Å². The first-order chi connectivity index (χ1) is 9.67.